The highest BCUT2D eigenvalue weighted by molar-refractivity contribution is 6.33. The third-order valence-corrected chi connectivity index (χ3v) is 4.45. The molecule has 0 bridgehead atoms. The molecule has 8 heteroatoms. The van der Waals surface area contributed by atoms with E-state index in [1.807, 2.05) is 12.1 Å². The molecule has 2 heterocycles. The molecule has 0 aliphatic rings. The number of ether oxygens (including phenoxy) is 1. The molecule has 1 N–H and O–H groups in total. The Morgan fingerprint density at radius 3 is 2.68 bits per heavy atom. The van der Waals surface area contributed by atoms with Crippen molar-refractivity contribution in [3.8, 4) is 11.5 Å². The van der Waals surface area contributed by atoms with Gasteiger partial charge in [0.25, 0.3) is 5.56 Å². The lowest BCUT2D eigenvalue weighted by Crippen LogP contribution is -2.15. The van der Waals surface area contributed by atoms with Crippen molar-refractivity contribution in [2.45, 2.75) is 13.0 Å². The minimum Gasteiger partial charge on any atom is -0.459 e. The summed E-state index contributed by atoms with van der Waals surface area (Å²) in [4.78, 5) is 28.3. The Morgan fingerprint density at radius 2 is 1.86 bits per heavy atom. The van der Waals surface area contributed by atoms with Gasteiger partial charge in [-0.25, -0.2) is 10.1 Å². The summed E-state index contributed by atoms with van der Waals surface area (Å²) >= 11 is 6.13. The van der Waals surface area contributed by atoms with Crippen molar-refractivity contribution in [1.82, 2.24) is 15.2 Å². The lowest BCUT2D eigenvalue weighted by molar-refractivity contribution is -0.144. The number of aromatic amines is 1. The lowest BCUT2D eigenvalue weighted by Gasteiger charge is -2.05. The number of hydrogen-bond donors (Lipinski definition) is 1. The van der Waals surface area contributed by atoms with Gasteiger partial charge in [0, 0.05) is 5.39 Å². The monoisotopic (exact) mass is 395 g/mol. The summed E-state index contributed by atoms with van der Waals surface area (Å²) in [7, 11) is 0. The topological polar surface area (TPSA) is 98.1 Å². The molecule has 4 aromatic rings. The molecule has 4 rings (SSSR count). The minimum absolute atomic E-state index is 0.0475. The van der Waals surface area contributed by atoms with Crippen LogP contribution in [0.2, 0.25) is 5.02 Å². The molecule has 0 saturated carbocycles. The van der Waals surface area contributed by atoms with Crippen LogP contribution in [0.1, 0.15) is 11.4 Å². The van der Waals surface area contributed by atoms with Gasteiger partial charge < -0.3 is 9.15 Å². The van der Waals surface area contributed by atoms with Crippen LogP contribution in [0.15, 0.2) is 64.0 Å². The average molecular weight is 396 g/mol. The SMILES string of the molecule is O=C(Cc1n[nH]c(=O)c2ccccc12)OCc1coc(-c2ccccc2Cl)n1. The van der Waals surface area contributed by atoms with Crippen LogP contribution in [0.5, 0.6) is 0 Å². The fraction of sp³-hybridized carbons (Fsp3) is 0.100. The summed E-state index contributed by atoms with van der Waals surface area (Å²) in [6, 6.07) is 14.1. The fourth-order valence-corrected chi connectivity index (χ4v) is 3.00. The van der Waals surface area contributed by atoms with Crippen LogP contribution in [0.3, 0.4) is 0 Å². The molecular formula is C20H14ClN3O4. The van der Waals surface area contributed by atoms with E-state index in [2.05, 4.69) is 15.2 Å². The normalized spacial score (nSPS) is 10.9. The van der Waals surface area contributed by atoms with Crippen LogP contribution in [0.4, 0.5) is 0 Å². The Labute approximate surface area is 163 Å². The summed E-state index contributed by atoms with van der Waals surface area (Å²) in [5, 5.41) is 7.97. The van der Waals surface area contributed by atoms with E-state index >= 15 is 0 Å². The quantitative estimate of drug-likeness (QED) is 0.519. The van der Waals surface area contributed by atoms with Gasteiger partial charge in [0.2, 0.25) is 5.89 Å². The van der Waals surface area contributed by atoms with E-state index in [1.54, 1.807) is 36.4 Å². The zero-order valence-corrected chi connectivity index (χ0v) is 15.3. The number of carbonyl (C=O) groups is 1. The molecule has 0 aliphatic carbocycles. The molecule has 0 aliphatic heterocycles. The molecule has 0 atom stereocenters. The van der Waals surface area contributed by atoms with Crippen LogP contribution >= 0.6 is 11.6 Å². The maximum Gasteiger partial charge on any atom is 0.312 e. The molecule has 0 radical (unpaired) electrons. The molecule has 0 amide bonds. The zero-order chi connectivity index (χ0) is 19.5. The molecule has 0 fully saturated rings. The number of H-pyrrole nitrogens is 1. The van der Waals surface area contributed by atoms with Crippen molar-refractivity contribution in [2.75, 3.05) is 0 Å². The fourth-order valence-electron chi connectivity index (χ4n) is 2.78. The first-order valence-corrected chi connectivity index (χ1v) is 8.81. The van der Waals surface area contributed by atoms with Crippen molar-refractivity contribution >= 4 is 28.3 Å². The van der Waals surface area contributed by atoms with Gasteiger partial charge in [-0.15, -0.1) is 0 Å². The number of hydrogen-bond acceptors (Lipinski definition) is 6. The number of halogens is 1. The van der Waals surface area contributed by atoms with Crippen molar-refractivity contribution in [3.63, 3.8) is 0 Å². The van der Waals surface area contributed by atoms with Crippen molar-refractivity contribution in [2.24, 2.45) is 0 Å². The van der Waals surface area contributed by atoms with Crippen LogP contribution in [-0.4, -0.2) is 21.2 Å². The maximum atomic E-state index is 12.2. The van der Waals surface area contributed by atoms with Gasteiger partial charge in [0.1, 0.15) is 18.6 Å². The smallest absolute Gasteiger partial charge is 0.312 e. The standard InChI is InChI=1S/C20H14ClN3O4/c21-16-8-4-3-7-15(16)20-22-12(11-28-20)10-27-18(25)9-17-13-5-1-2-6-14(13)19(26)24-23-17/h1-8,11H,9-10H2,(H,24,26). The van der Waals surface area contributed by atoms with E-state index in [4.69, 9.17) is 20.8 Å². The largest absolute Gasteiger partial charge is 0.459 e. The van der Waals surface area contributed by atoms with E-state index in [9.17, 15) is 9.59 Å². The van der Waals surface area contributed by atoms with Gasteiger partial charge in [-0.1, -0.05) is 41.9 Å². The summed E-state index contributed by atoms with van der Waals surface area (Å²) in [5.41, 5.74) is 1.26. The highest BCUT2D eigenvalue weighted by atomic mass is 35.5. The van der Waals surface area contributed by atoms with Crippen LogP contribution in [-0.2, 0) is 22.6 Å². The number of aromatic nitrogens is 3. The Hall–Kier alpha value is -3.45. The van der Waals surface area contributed by atoms with Crippen molar-refractivity contribution in [1.29, 1.82) is 0 Å². The summed E-state index contributed by atoms with van der Waals surface area (Å²) in [6.07, 6.45) is 1.34. The molecule has 0 unspecified atom stereocenters. The van der Waals surface area contributed by atoms with Gasteiger partial charge >= 0.3 is 5.97 Å². The second-order valence-electron chi connectivity index (χ2n) is 6.01. The van der Waals surface area contributed by atoms with Crippen LogP contribution in [0.25, 0.3) is 22.2 Å². The van der Waals surface area contributed by atoms with Gasteiger partial charge in [-0.05, 0) is 18.2 Å². The maximum absolute atomic E-state index is 12.2. The van der Waals surface area contributed by atoms with Crippen molar-refractivity contribution in [3.05, 3.63) is 81.6 Å². The van der Waals surface area contributed by atoms with E-state index in [0.717, 1.165) is 0 Å². The Bertz CT molecular complexity index is 1220. The Kier molecular flexibility index (Phi) is 4.90. The third-order valence-electron chi connectivity index (χ3n) is 4.12. The van der Waals surface area contributed by atoms with E-state index in [0.29, 0.717) is 38.6 Å². The average Bonchev–Trinajstić information content (AvgIpc) is 3.18. The summed E-state index contributed by atoms with van der Waals surface area (Å²) in [6.45, 7) is -0.0475. The second kappa shape index (κ2) is 7.66. The van der Waals surface area contributed by atoms with Gasteiger partial charge in [-0.3, -0.25) is 9.59 Å². The van der Waals surface area contributed by atoms with Gasteiger partial charge in [0.15, 0.2) is 0 Å². The molecular weight excluding hydrogens is 382 g/mol. The number of benzene rings is 2. The number of nitrogens with zero attached hydrogens (tertiary/aromatic N) is 2. The minimum atomic E-state index is -0.494. The highest BCUT2D eigenvalue weighted by Gasteiger charge is 2.14. The van der Waals surface area contributed by atoms with Crippen LogP contribution < -0.4 is 5.56 Å². The van der Waals surface area contributed by atoms with E-state index in [1.165, 1.54) is 6.26 Å². The first-order valence-electron chi connectivity index (χ1n) is 8.43. The molecule has 140 valence electrons. The Balaban J connectivity index is 1.44. The first-order chi connectivity index (χ1) is 13.6. The molecule has 2 aromatic carbocycles. The summed E-state index contributed by atoms with van der Waals surface area (Å²) in [5.74, 6) is -0.142. The predicted molar refractivity (Wildman–Crippen MR) is 103 cm³/mol. The van der Waals surface area contributed by atoms with Gasteiger partial charge in [-0.2, -0.15) is 5.10 Å². The number of nitrogens with one attached hydrogen (secondary N) is 1. The van der Waals surface area contributed by atoms with Crippen LogP contribution in [0, 0.1) is 0 Å². The van der Waals surface area contributed by atoms with E-state index < -0.39 is 5.97 Å². The van der Waals surface area contributed by atoms with Gasteiger partial charge in [0.05, 0.1) is 28.1 Å². The Morgan fingerprint density at radius 1 is 1.11 bits per heavy atom. The second-order valence-corrected chi connectivity index (χ2v) is 6.41. The zero-order valence-electron chi connectivity index (χ0n) is 14.5. The van der Waals surface area contributed by atoms with E-state index in [-0.39, 0.29) is 18.6 Å². The first kappa shape index (κ1) is 17.9. The lowest BCUT2D eigenvalue weighted by atomic mass is 10.1. The summed E-state index contributed by atoms with van der Waals surface area (Å²) < 4.78 is 10.7. The highest BCUT2D eigenvalue weighted by Crippen LogP contribution is 2.26. The molecule has 28 heavy (non-hydrogen) atoms. The number of esters is 1. The molecule has 0 saturated heterocycles. The predicted octanol–water partition coefficient (Wildman–Crippen LogP) is 3.52. The van der Waals surface area contributed by atoms with Crippen molar-refractivity contribution < 1.29 is 13.9 Å². The number of carbonyl (C=O) groups excluding carboxylic acids is 1. The number of oxazole rings is 1. The molecule has 7 nitrogen and oxygen atoms in total. The number of fused-ring (bicyclic) bond motifs is 1. The number of rotatable bonds is 5. The molecule has 0 spiro atoms. The third kappa shape index (κ3) is 3.65. The molecule has 2 aromatic heterocycles.